The van der Waals surface area contributed by atoms with E-state index in [1.54, 1.807) is 0 Å². The molecule has 1 saturated heterocycles. The Morgan fingerprint density at radius 2 is 2.08 bits per heavy atom. The highest BCUT2D eigenvalue weighted by Crippen LogP contribution is 2.30. The Morgan fingerprint density at radius 3 is 2.71 bits per heavy atom. The van der Waals surface area contributed by atoms with Crippen LogP contribution in [0.4, 0.5) is 5.82 Å². The Labute approximate surface area is 141 Å². The molecule has 3 rings (SSSR count). The second-order valence-corrected chi connectivity index (χ2v) is 6.20. The van der Waals surface area contributed by atoms with Crippen LogP contribution in [0.15, 0.2) is 24.3 Å². The van der Waals surface area contributed by atoms with Gasteiger partial charge in [-0.2, -0.15) is 5.26 Å². The van der Waals surface area contributed by atoms with Gasteiger partial charge in [0.1, 0.15) is 5.69 Å². The van der Waals surface area contributed by atoms with Crippen molar-refractivity contribution < 1.29 is 9.53 Å². The van der Waals surface area contributed by atoms with E-state index in [9.17, 15) is 10.1 Å². The fraction of sp³-hybridized carbons (Fsp3) is 0.444. The van der Waals surface area contributed by atoms with Crippen molar-refractivity contribution in [2.24, 2.45) is 5.92 Å². The number of rotatable bonds is 3. The molecule has 0 amide bonds. The number of piperidine rings is 1. The van der Waals surface area contributed by atoms with E-state index >= 15 is 0 Å². The molecule has 2 heterocycles. The quantitative estimate of drug-likeness (QED) is 0.808. The molecule has 1 aliphatic rings. The van der Waals surface area contributed by atoms with Gasteiger partial charge >= 0.3 is 5.97 Å². The van der Waals surface area contributed by atoms with E-state index in [1.807, 2.05) is 30.3 Å². The van der Waals surface area contributed by atoms with Crippen LogP contribution in [0.25, 0.3) is 11.0 Å². The van der Waals surface area contributed by atoms with Crippen molar-refractivity contribution in [3.63, 3.8) is 0 Å². The number of anilines is 1. The highest BCUT2D eigenvalue weighted by atomic mass is 16.5. The van der Waals surface area contributed by atoms with Crippen LogP contribution in [0, 0.1) is 17.2 Å². The highest BCUT2D eigenvalue weighted by molar-refractivity contribution is 5.85. The van der Waals surface area contributed by atoms with Crippen molar-refractivity contribution in [3.05, 3.63) is 30.0 Å². The van der Waals surface area contributed by atoms with Gasteiger partial charge in [-0.05, 0) is 30.9 Å². The number of carbonyl (C=O) groups excluding carboxylic acids is 1. The van der Waals surface area contributed by atoms with Gasteiger partial charge in [-0.3, -0.25) is 4.79 Å². The number of methoxy groups -OCH3 is 1. The van der Waals surface area contributed by atoms with Gasteiger partial charge in [0.25, 0.3) is 0 Å². The topological polar surface area (TPSA) is 79.1 Å². The average Bonchev–Trinajstić information content (AvgIpc) is 2.61. The van der Waals surface area contributed by atoms with E-state index < -0.39 is 11.9 Å². The number of para-hydroxylation sites is 2. The molecule has 1 aromatic carbocycles. The van der Waals surface area contributed by atoms with E-state index in [2.05, 4.69) is 16.8 Å². The first-order chi connectivity index (χ1) is 11.6. The van der Waals surface area contributed by atoms with E-state index in [0.717, 1.165) is 25.0 Å². The first-order valence-electron chi connectivity index (χ1n) is 8.13. The molecule has 1 aromatic heterocycles. The Morgan fingerprint density at radius 1 is 1.38 bits per heavy atom. The summed E-state index contributed by atoms with van der Waals surface area (Å²) < 4.78 is 4.79. The Hall–Kier alpha value is -2.68. The maximum atomic E-state index is 12.0. The standard InChI is InChI=1S/C18H20N4O2/c1-12-6-5-9-22(11-12)17-16(13(10-19)18(23)24-2)20-14-7-3-4-8-15(14)21-17/h3-4,7-8,12-13H,5-6,9,11H2,1-2H3. The van der Waals surface area contributed by atoms with Gasteiger partial charge in [-0.15, -0.1) is 0 Å². The van der Waals surface area contributed by atoms with Crippen molar-refractivity contribution in [2.45, 2.75) is 25.7 Å². The number of esters is 1. The summed E-state index contributed by atoms with van der Waals surface area (Å²) in [6, 6.07) is 9.51. The zero-order valence-electron chi connectivity index (χ0n) is 13.9. The largest absolute Gasteiger partial charge is 0.468 e. The summed E-state index contributed by atoms with van der Waals surface area (Å²) in [4.78, 5) is 23.5. The smallest absolute Gasteiger partial charge is 0.329 e. The third kappa shape index (κ3) is 3.02. The normalized spacial score (nSPS) is 18.9. The zero-order chi connectivity index (χ0) is 17.1. The molecular weight excluding hydrogens is 304 g/mol. The summed E-state index contributed by atoms with van der Waals surface area (Å²) in [6.07, 6.45) is 2.23. The van der Waals surface area contributed by atoms with Gasteiger partial charge in [0.05, 0.1) is 24.2 Å². The number of nitrogens with zero attached hydrogens (tertiary/aromatic N) is 4. The van der Waals surface area contributed by atoms with Crippen molar-refractivity contribution in [1.29, 1.82) is 5.26 Å². The van der Waals surface area contributed by atoms with Gasteiger partial charge in [0, 0.05) is 13.1 Å². The zero-order valence-corrected chi connectivity index (χ0v) is 13.9. The first-order valence-corrected chi connectivity index (χ1v) is 8.13. The number of aromatic nitrogens is 2. The predicted molar refractivity (Wildman–Crippen MR) is 90.5 cm³/mol. The number of nitriles is 1. The lowest BCUT2D eigenvalue weighted by Gasteiger charge is -2.33. The van der Waals surface area contributed by atoms with E-state index in [4.69, 9.17) is 9.72 Å². The molecule has 124 valence electrons. The van der Waals surface area contributed by atoms with Gasteiger partial charge in [-0.1, -0.05) is 19.1 Å². The number of carbonyl (C=O) groups is 1. The minimum Gasteiger partial charge on any atom is -0.468 e. The third-order valence-electron chi connectivity index (χ3n) is 4.37. The molecule has 0 N–H and O–H groups in total. The van der Waals surface area contributed by atoms with Gasteiger partial charge in [0.2, 0.25) is 0 Å². The molecule has 0 spiro atoms. The van der Waals surface area contributed by atoms with Crippen LogP contribution < -0.4 is 4.90 Å². The molecule has 1 fully saturated rings. The number of hydrogen-bond acceptors (Lipinski definition) is 6. The monoisotopic (exact) mass is 324 g/mol. The van der Waals surface area contributed by atoms with E-state index in [-0.39, 0.29) is 0 Å². The Bertz CT molecular complexity index is 799. The number of benzene rings is 1. The molecule has 6 nitrogen and oxygen atoms in total. The molecule has 2 unspecified atom stereocenters. The fourth-order valence-electron chi connectivity index (χ4n) is 3.16. The molecule has 0 aliphatic carbocycles. The number of fused-ring (bicyclic) bond motifs is 1. The van der Waals surface area contributed by atoms with Gasteiger partial charge in [-0.25, -0.2) is 9.97 Å². The summed E-state index contributed by atoms with van der Waals surface area (Å²) in [6.45, 7) is 3.89. The summed E-state index contributed by atoms with van der Waals surface area (Å²) in [5, 5.41) is 9.49. The molecule has 0 saturated carbocycles. The minimum atomic E-state index is -1.07. The molecule has 2 atom stereocenters. The molecule has 0 radical (unpaired) electrons. The highest BCUT2D eigenvalue weighted by Gasteiger charge is 2.30. The average molecular weight is 324 g/mol. The van der Waals surface area contributed by atoms with Crippen molar-refractivity contribution in [1.82, 2.24) is 9.97 Å². The molecule has 1 aliphatic heterocycles. The summed E-state index contributed by atoms with van der Waals surface area (Å²) in [7, 11) is 1.28. The maximum absolute atomic E-state index is 12.0. The predicted octanol–water partition coefficient (Wildman–Crippen LogP) is 2.65. The van der Waals surface area contributed by atoms with Crippen LogP contribution >= 0.6 is 0 Å². The van der Waals surface area contributed by atoms with E-state index in [1.165, 1.54) is 13.5 Å². The van der Waals surface area contributed by atoms with Gasteiger partial charge < -0.3 is 9.64 Å². The first kappa shape index (κ1) is 16.2. The maximum Gasteiger partial charge on any atom is 0.329 e. The van der Waals surface area contributed by atoms with E-state index in [0.29, 0.717) is 22.9 Å². The molecule has 2 aromatic rings. The van der Waals surface area contributed by atoms with Crippen LogP contribution in [0.3, 0.4) is 0 Å². The second kappa shape index (κ2) is 6.83. The molecule has 24 heavy (non-hydrogen) atoms. The third-order valence-corrected chi connectivity index (χ3v) is 4.37. The fourth-order valence-corrected chi connectivity index (χ4v) is 3.16. The lowest BCUT2D eigenvalue weighted by atomic mass is 9.99. The lowest BCUT2D eigenvalue weighted by Crippen LogP contribution is -2.36. The van der Waals surface area contributed by atoms with Gasteiger partial charge in [0.15, 0.2) is 11.7 Å². The van der Waals surface area contributed by atoms with Crippen LogP contribution in [-0.4, -0.2) is 36.1 Å². The van der Waals surface area contributed by atoms with Crippen LogP contribution in [0.2, 0.25) is 0 Å². The molecule has 6 heteroatoms. The molecular formula is C18H20N4O2. The summed E-state index contributed by atoms with van der Waals surface area (Å²) >= 11 is 0. The lowest BCUT2D eigenvalue weighted by molar-refractivity contribution is -0.141. The van der Waals surface area contributed by atoms with Crippen molar-refractivity contribution >= 4 is 22.8 Å². The minimum absolute atomic E-state index is 0.386. The van der Waals surface area contributed by atoms with Crippen LogP contribution in [-0.2, 0) is 9.53 Å². The SMILES string of the molecule is COC(=O)C(C#N)c1nc2ccccc2nc1N1CCCC(C)C1. The van der Waals surface area contributed by atoms with Crippen molar-refractivity contribution in [3.8, 4) is 6.07 Å². The van der Waals surface area contributed by atoms with Crippen molar-refractivity contribution in [2.75, 3.05) is 25.1 Å². The Kier molecular flexibility index (Phi) is 4.61. The van der Waals surface area contributed by atoms with Crippen LogP contribution in [0.5, 0.6) is 0 Å². The molecule has 0 bridgehead atoms. The number of ether oxygens (including phenoxy) is 1. The second-order valence-electron chi connectivity index (χ2n) is 6.20. The summed E-state index contributed by atoms with van der Waals surface area (Å²) in [5.41, 5.74) is 1.82. The number of hydrogen-bond donors (Lipinski definition) is 0. The Balaban J connectivity index is 2.15. The van der Waals surface area contributed by atoms with Crippen LogP contribution in [0.1, 0.15) is 31.4 Å². The summed E-state index contributed by atoms with van der Waals surface area (Å²) in [5.74, 6) is -0.511.